The molecule has 19 heavy (non-hydrogen) atoms. The summed E-state index contributed by atoms with van der Waals surface area (Å²) in [5, 5.41) is 13.8. The minimum Gasteiger partial charge on any atom is -0.409 e. The first-order valence-corrected chi connectivity index (χ1v) is 6.77. The van der Waals surface area contributed by atoms with Gasteiger partial charge < -0.3 is 15.8 Å². The van der Waals surface area contributed by atoms with E-state index >= 15 is 0 Å². The average molecular weight is 275 g/mol. The molecule has 1 aliphatic heterocycles. The van der Waals surface area contributed by atoms with Crippen LogP contribution in [0.25, 0.3) is 0 Å². The van der Waals surface area contributed by atoms with Crippen LogP contribution in [0.5, 0.6) is 0 Å². The zero-order valence-corrected chi connectivity index (χ0v) is 11.0. The summed E-state index contributed by atoms with van der Waals surface area (Å²) in [5.74, 6) is 0.609. The number of oxime groups is 1. The Morgan fingerprint density at radius 2 is 2.37 bits per heavy atom. The maximum Gasteiger partial charge on any atom is 0.226 e. The van der Waals surface area contributed by atoms with E-state index in [1.165, 1.54) is 10.4 Å². The smallest absolute Gasteiger partial charge is 0.226 e. The van der Waals surface area contributed by atoms with Gasteiger partial charge in [0.2, 0.25) is 5.95 Å². The zero-order valence-electron chi connectivity index (χ0n) is 10.2. The summed E-state index contributed by atoms with van der Waals surface area (Å²) in [6.07, 6.45) is 2.63. The van der Waals surface area contributed by atoms with Crippen molar-refractivity contribution in [1.82, 2.24) is 9.97 Å². The predicted molar refractivity (Wildman–Crippen MR) is 73.6 cm³/mol. The monoisotopic (exact) mass is 275 g/mol. The van der Waals surface area contributed by atoms with E-state index in [2.05, 4.69) is 31.5 Å². The summed E-state index contributed by atoms with van der Waals surface area (Å²) >= 11 is 1.79. The van der Waals surface area contributed by atoms with Crippen molar-refractivity contribution in [2.24, 2.45) is 10.9 Å². The van der Waals surface area contributed by atoms with Crippen LogP contribution in [0, 0.1) is 0 Å². The largest absolute Gasteiger partial charge is 0.409 e. The average Bonchev–Trinajstić information content (AvgIpc) is 2.94. The normalized spacial score (nSPS) is 15.4. The third-order valence-electron chi connectivity index (χ3n) is 3.10. The van der Waals surface area contributed by atoms with Crippen molar-refractivity contribution in [3.63, 3.8) is 0 Å². The second-order valence-corrected chi connectivity index (χ2v) is 5.27. The standard InChI is InChI=1S/C12H13N5OS/c13-11(16-18)9-1-4-14-12(15-9)17-5-2-10-8(7-17)3-6-19-10/h1,3-4,6,18H,2,5,7H2,(H2,13,16). The van der Waals surface area contributed by atoms with Crippen LogP contribution in [0.4, 0.5) is 5.95 Å². The number of amidine groups is 1. The van der Waals surface area contributed by atoms with Gasteiger partial charge in [0, 0.05) is 24.2 Å². The highest BCUT2D eigenvalue weighted by Crippen LogP contribution is 2.25. The fourth-order valence-corrected chi connectivity index (χ4v) is 3.00. The Morgan fingerprint density at radius 1 is 1.47 bits per heavy atom. The Balaban J connectivity index is 1.88. The van der Waals surface area contributed by atoms with Gasteiger partial charge in [0.1, 0.15) is 5.69 Å². The van der Waals surface area contributed by atoms with Gasteiger partial charge in [0.25, 0.3) is 0 Å². The Morgan fingerprint density at radius 3 is 3.21 bits per heavy atom. The quantitative estimate of drug-likeness (QED) is 0.372. The van der Waals surface area contributed by atoms with E-state index in [0.717, 1.165) is 19.5 Å². The first kappa shape index (κ1) is 11.9. The summed E-state index contributed by atoms with van der Waals surface area (Å²) < 4.78 is 0. The van der Waals surface area contributed by atoms with Crippen LogP contribution in [-0.2, 0) is 13.0 Å². The molecular weight excluding hydrogens is 262 g/mol. The first-order valence-electron chi connectivity index (χ1n) is 5.89. The van der Waals surface area contributed by atoms with E-state index in [-0.39, 0.29) is 5.84 Å². The molecule has 0 aromatic carbocycles. The number of rotatable bonds is 2. The predicted octanol–water partition coefficient (Wildman–Crippen LogP) is 1.20. The number of aromatic nitrogens is 2. The third kappa shape index (κ3) is 2.24. The lowest BCUT2D eigenvalue weighted by atomic mass is 10.1. The van der Waals surface area contributed by atoms with Crippen LogP contribution in [0.2, 0.25) is 0 Å². The van der Waals surface area contributed by atoms with E-state index in [4.69, 9.17) is 10.9 Å². The van der Waals surface area contributed by atoms with Crippen molar-refractivity contribution in [3.8, 4) is 0 Å². The molecule has 7 heteroatoms. The van der Waals surface area contributed by atoms with E-state index in [0.29, 0.717) is 11.6 Å². The van der Waals surface area contributed by atoms with Gasteiger partial charge >= 0.3 is 0 Å². The van der Waals surface area contributed by atoms with Gasteiger partial charge in [-0.2, -0.15) is 0 Å². The van der Waals surface area contributed by atoms with Crippen LogP contribution < -0.4 is 10.6 Å². The van der Waals surface area contributed by atoms with Crippen molar-refractivity contribution >= 4 is 23.1 Å². The van der Waals surface area contributed by atoms with E-state index in [1.807, 2.05) is 0 Å². The van der Waals surface area contributed by atoms with Gasteiger partial charge in [0.15, 0.2) is 5.84 Å². The fraction of sp³-hybridized carbons (Fsp3) is 0.250. The molecule has 0 radical (unpaired) electrons. The Hall–Kier alpha value is -2.15. The molecule has 0 amide bonds. The maximum absolute atomic E-state index is 8.68. The van der Waals surface area contributed by atoms with Crippen LogP contribution in [0.3, 0.4) is 0 Å². The minimum atomic E-state index is -0.00289. The maximum atomic E-state index is 8.68. The number of hydrogen-bond donors (Lipinski definition) is 2. The number of nitrogens with zero attached hydrogens (tertiary/aromatic N) is 4. The lowest BCUT2D eigenvalue weighted by molar-refractivity contribution is 0.318. The van der Waals surface area contributed by atoms with Crippen LogP contribution in [0.1, 0.15) is 16.1 Å². The topological polar surface area (TPSA) is 87.6 Å². The SMILES string of the molecule is N/C(=N/O)c1ccnc(N2CCc3sccc3C2)n1. The summed E-state index contributed by atoms with van der Waals surface area (Å²) in [6, 6.07) is 3.76. The Bertz CT molecular complexity index is 624. The zero-order chi connectivity index (χ0) is 13.2. The van der Waals surface area contributed by atoms with Crippen molar-refractivity contribution in [2.45, 2.75) is 13.0 Å². The first-order chi connectivity index (χ1) is 9.28. The Kier molecular flexibility index (Phi) is 3.04. The third-order valence-corrected chi connectivity index (χ3v) is 4.13. The molecule has 0 atom stereocenters. The lowest BCUT2D eigenvalue weighted by Gasteiger charge is -2.27. The van der Waals surface area contributed by atoms with Crippen molar-refractivity contribution in [2.75, 3.05) is 11.4 Å². The summed E-state index contributed by atoms with van der Waals surface area (Å²) in [7, 11) is 0. The highest BCUT2D eigenvalue weighted by atomic mass is 32.1. The number of hydrogen-bond acceptors (Lipinski definition) is 6. The molecule has 3 N–H and O–H groups in total. The molecule has 0 unspecified atom stereocenters. The van der Waals surface area contributed by atoms with Crippen LogP contribution >= 0.6 is 11.3 Å². The lowest BCUT2D eigenvalue weighted by Crippen LogP contribution is -2.31. The molecule has 0 spiro atoms. The molecule has 0 aliphatic carbocycles. The van der Waals surface area contributed by atoms with Crippen molar-refractivity contribution in [3.05, 3.63) is 39.8 Å². The fourth-order valence-electron chi connectivity index (χ4n) is 2.11. The molecule has 0 saturated carbocycles. The van der Waals surface area contributed by atoms with Crippen molar-refractivity contribution in [1.29, 1.82) is 0 Å². The van der Waals surface area contributed by atoms with E-state index < -0.39 is 0 Å². The molecule has 6 nitrogen and oxygen atoms in total. The van der Waals surface area contributed by atoms with Gasteiger partial charge in [-0.05, 0) is 29.5 Å². The summed E-state index contributed by atoms with van der Waals surface area (Å²) in [5.41, 5.74) is 7.31. The second-order valence-electron chi connectivity index (χ2n) is 4.27. The molecule has 98 valence electrons. The summed E-state index contributed by atoms with van der Waals surface area (Å²) in [6.45, 7) is 1.69. The molecule has 0 bridgehead atoms. The van der Waals surface area contributed by atoms with Crippen LogP contribution in [-0.4, -0.2) is 27.6 Å². The van der Waals surface area contributed by atoms with Gasteiger partial charge in [-0.1, -0.05) is 5.16 Å². The molecular formula is C12H13N5OS. The molecule has 0 fully saturated rings. The molecule has 1 aliphatic rings. The van der Waals surface area contributed by atoms with Crippen LogP contribution in [0.15, 0.2) is 28.9 Å². The van der Waals surface area contributed by atoms with Gasteiger partial charge in [-0.15, -0.1) is 11.3 Å². The highest BCUT2D eigenvalue weighted by molar-refractivity contribution is 7.10. The number of nitrogens with two attached hydrogens (primary N) is 1. The van der Waals surface area contributed by atoms with Gasteiger partial charge in [0.05, 0.1) is 0 Å². The van der Waals surface area contributed by atoms with Gasteiger partial charge in [-0.25, -0.2) is 9.97 Å². The molecule has 2 aromatic heterocycles. The highest BCUT2D eigenvalue weighted by Gasteiger charge is 2.19. The Labute approximate surface area is 114 Å². The van der Waals surface area contributed by atoms with Gasteiger partial charge in [-0.3, -0.25) is 0 Å². The number of thiophene rings is 1. The van der Waals surface area contributed by atoms with E-state index in [9.17, 15) is 0 Å². The second kappa shape index (κ2) is 4.85. The molecule has 0 saturated heterocycles. The molecule has 3 rings (SSSR count). The molecule has 3 heterocycles. The van der Waals surface area contributed by atoms with Crippen molar-refractivity contribution < 1.29 is 5.21 Å². The summed E-state index contributed by atoms with van der Waals surface area (Å²) in [4.78, 5) is 12.1. The number of anilines is 1. The minimum absolute atomic E-state index is 0.00289. The number of fused-ring (bicyclic) bond motifs is 1. The molecule has 2 aromatic rings. The van der Waals surface area contributed by atoms with E-state index in [1.54, 1.807) is 23.6 Å².